The number of aryl methyl sites for hydroxylation is 1. The Balaban J connectivity index is 1.86. The summed E-state index contributed by atoms with van der Waals surface area (Å²) in [6.07, 6.45) is -0.854. The van der Waals surface area contributed by atoms with Crippen molar-refractivity contribution in [3.8, 4) is 11.1 Å². The number of pyridine rings is 1. The van der Waals surface area contributed by atoms with Gasteiger partial charge in [0, 0.05) is 32.4 Å². The van der Waals surface area contributed by atoms with Gasteiger partial charge in [0.05, 0.1) is 11.4 Å². The second kappa shape index (κ2) is 8.18. The third kappa shape index (κ3) is 4.63. The number of aromatic nitrogens is 1. The molecule has 0 atom stereocenters. The number of hydrogen-bond donors (Lipinski definition) is 0. The van der Waals surface area contributed by atoms with E-state index in [1.807, 2.05) is 6.07 Å². The molecule has 0 radical (unpaired) electrons. The van der Waals surface area contributed by atoms with E-state index in [-0.39, 0.29) is 24.5 Å². The number of sulfonamides is 1. The van der Waals surface area contributed by atoms with E-state index in [2.05, 4.69) is 4.98 Å². The minimum Gasteiger partial charge on any atom is -0.295 e. The molecule has 0 N–H and O–H groups in total. The third-order valence-corrected chi connectivity index (χ3v) is 6.84. The van der Waals surface area contributed by atoms with Crippen LogP contribution in [-0.2, 0) is 10.0 Å². The van der Waals surface area contributed by atoms with E-state index in [0.717, 1.165) is 11.1 Å². The minimum atomic E-state index is -3.71. The van der Waals surface area contributed by atoms with Crippen molar-refractivity contribution in [1.29, 1.82) is 0 Å². The van der Waals surface area contributed by atoms with Crippen LogP contribution in [0.3, 0.4) is 0 Å². The van der Waals surface area contributed by atoms with Gasteiger partial charge in [-0.15, -0.1) is 0 Å². The molecule has 3 rings (SSSR count). The van der Waals surface area contributed by atoms with Crippen molar-refractivity contribution < 1.29 is 17.2 Å². The number of piperazine rings is 1. The summed E-state index contributed by atoms with van der Waals surface area (Å²) in [7, 11) is -3.71. The number of halogens is 3. The lowest BCUT2D eigenvalue weighted by Gasteiger charge is -2.34. The number of rotatable bonds is 5. The molecule has 1 aromatic carbocycles. The van der Waals surface area contributed by atoms with Crippen molar-refractivity contribution in [2.45, 2.75) is 18.2 Å². The average molecular weight is 416 g/mol. The van der Waals surface area contributed by atoms with Crippen LogP contribution in [-0.4, -0.2) is 61.8 Å². The second-order valence-corrected chi connectivity index (χ2v) is 8.74. The van der Waals surface area contributed by atoms with Crippen LogP contribution < -0.4 is 0 Å². The van der Waals surface area contributed by atoms with Gasteiger partial charge in [-0.1, -0.05) is 23.7 Å². The number of hydrogen-bond acceptors (Lipinski definition) is 4. The number of nitrogens with zero attached hydrogens (tertiary/aromatic N) is 3. The highest BCUT2D eigenvalue weighted by molar-refractivity contribution is 7.89. The maximum Gasteiger partial charge on any atom is 0.251 e. The first-order chi connectivity index (χ1) is 12.8. The Kier molecular flexibility index (Phi) is 6.10. The Morgan fingerprint density at radius 1 is 1.11 bits per heavy atom. The molecule has 2 aromatic rings. The van der Waals surface area contributed by atoms with E-state index in [0.29, 0.717) is 23.8 Å². The first kappa shape index (κ1) is 20.1. The zero-order chi connectivity index (χ0) is 19.6. The lowest BCUT2D eigenvalue weighted by atomic mass is 10.1. The van der Waals surface area contributed by atoms with Crippen molar-refractivity contribution in [3.63, 3.8) is 0 Å². The van der Waals surface area contributed by atoms with Crippen molar-refractivity contribution in [1.82, 2.24) is 14.2 Å². The topological polar surface area (TPSA) is 53.5 Å². The van der Waals surface area contributed by atoms with Crippen LogP contribution >= 0.6 is 11.6 Å². The molecular formula is C18H20ClF2N3O2S. The largest absolute Gasteiger partial charge is 0.295 e. The second-order valence-electron chi connectivity index (χ2n) is 6.44. The fraction of sp³-hybridized carbons (Fsp3) is 0.389. The summed E-state index contributed by atoms with van der Waals surface area (Å²) in [5.41, 5.74) is 2.13. The Labute approximate surface area is 162 Å². The molecule has 0 bridgehead atoms. The van der Waals surface area contributed by atoms with Crippen LogP contribution in [0, 0.1) is 6.92 Å². The van der Waals surface area contributed by atoms with E-state index in [9.17, 15) is 17.2 Å². The molecule has 2 heterocycles. The molecule has 0 spiro atoms. The van der Waals surface area contributed by atoms with Crippen LogP contribution in [0.5, 0.6) is 0 Å². The molecule has 1 aliphatic heterocycles. The van der Waals surface area contributed by atoms with Crippen molar-refractivity contribution in [2.24, 2.45) is 0 Å². The Bertz CT molecular complexity index is 917. The fourth-order valence-corrected chi connectivity index (χ4v) is 4.97. The number of benzene rings is 1. The molecule has 5 nitrogen and oxygen atoms in total. The predicted molar refractivity (Wildman–Crippen MR) is 101 cm³/mol. The van der Waals surface area contributed by atoms with Gasteiger partial charge < -0.3 is 0 Å². The molecule has 0 unspecified atom stereocenters. The summed E-state index contributed by atoms with van der Waals surface area (Å²) in [4.78, 5) is 5.74. The quantitative estimate of drug-likeness (QED) is 0.703. The van der Waals surface area contributed by atoms with Gasteiger partial charge in [0.25, 0.3) is 6.43 Å². The van der Waals surface area contributed by atoms with E-state index < -0.39 is 16.4 Å². The van der Waals surface area contributed by atoms with Crippen LogP contribution in [0.15, 0.2) is 41.4 Å². The van der Waals surface area contributed by atoms with Gasteiger partial charge in [-0.2, -0.15) is 4.31 Å². The highest BCUT2D eigenvalue weighted by Gasteiger charge is 2.30. The van der Waals surface area contributed by atoms with Crippen LogP contribution in [0.1, 0.15) is 5.56 Å². The fourth-order valence-electron chi connectivity index (χ4n) is 3.13. The van der Waals surface area contributed by atoms with Crippen molar-refractivity contribution in [3.05, 3.63) is 47.2 Å². The van der Waals surface area contributed by atoms with Gasteiger partial charge in [-0.05, 0) is 41.8 Å². The maximum atomic E-state index is 13.1. The summed E-state index contributed by atoms with van der Waals surface area (Å²) >= 11 is 5.93. The molecule has 27 heavy (non-hydrogen) atoms. The third-order valence-electron chi connectivity index (χ3n) is 4.59. The predicted octanol–water partition coefficient (Wildman–Crippen LogP) is 3.28. The average Bonchev–Trinajstić information content (AvgIpc) is 2.62. The van der Waals surface area contributed by atoms with Gasteiger partial charge in [0.15, 0.2) is 0 Å². The minimum absolute atomic E-state index is 0.194. The monoisotopic (exact) mass is 415 g/mol. The Morgan fingerprint density at radius 3 is 2.41 bits per heavy atom. The van der Waals surface area contributed by atoms with Crippen molar-refractivity contribution >= 4 is 21.6 Å². The van der Waals surface area contributed by atoms with Gasteiger partial charge in [-0.25, -0.2) is 22.2 Å². The summed E-state index contributed by atoms with van der Waals surface area (Å²) < 4.78 is 52.6. The molecule has 0 aliphatic carbocycles. The molecule has 0 saturated carbocycles. The molecule has 146 valence electrons. The maximum absolute atomic E-state index is 13.1. The summed E-state index contributed by atoms with van der Waals surface area (Å²) in [6, 6.07) is 8.65. The molecule has 0 amide bonds. The zero-order valence-electron chi connectivity index (χ0n) is 14.8. The molecule has 1 fully saturated rings. The lowest BCUT2D eigenvalue weighted by Crippen LogP contribution is -2.49. The van der Waals surface area contributed by atoms with E-state index in [1.165, 1.54) is 4.31 Å². The van der Waals surface area contributed by atoms with Crippen molar-refractivity contribution in [2.75, 3.05) is 32.7 Å². The van der Waals surface area contributed by atoms with Crippen LogP contribution in [0.4, 0.5) is 8.78 Å². The molecule has 1 aromatic heterocycles. The molecular weight excluding hydrogens is 396 g/mol. The SMILES string of the molecule is Cc1ccc(-c2ccnc(Cl)c2)cc1S(=O)(=O)N1CCN(CC(F)F)CC1. The van der Waals surface area contributed by atoms with Gasteiger partial charge in [-0.3, -0.25) is 4.90 Å². The molecule has 1 saturated heterocycles. The molecule has 9 heteroatoms. The van der Waals surface area contributed by atoms with Crippen LogP contribution in [0.2, 0.25) is 5.15 Å². The summed E-state index contributed by atoms with van der Waals surface area (Å²) in [5, 5.41) is 0.327. The summed E-state index contributed by atoms with van der Waals surface area (Å²) in [5.74, 6) is 0. The van der Waals surface area contributed by atoms with Gasteiger partial charge >= 0.3 is 0 Å². The first-order valence-electron chi connectivity index (χ1n) is 8.50. The smallest absolute Gasteiger partial charge is 0.251 e. The van der Waals surface area contributed by atoms with Gasteiger partial charge in [0.2, 0.25) is 10.0 Å². The lowest BCUT2D eigenvalue weighted by molar-refractivity contribution is 0.0716. The van der Waals surface area contributed by atoms with Gasteiger partial charge in [0.1, 0.15) is 5.15 Å². The standard InChI is InChI=1S/C18H20ClF2N3O2S/c1-13-2-3-14(15-4-5-22-17(19)11-15)10-16(13)27(25,26)24-8-6-23(7-9-24)12-18(20)21/h2-5,10-11,18H,6-9,12H2,1H3. The van der Waals surface area contributed by atoms with E-state index in [4.69, 9.17) is 11.6 Å². The number of alkyl halides is 2. The van der Waals surface area contributed by atoms with Crippen LogP contribution in [0.25, 0.3) is 11.1 Å². The highest BCUT2D eigenvalue weighted by atomic mass is 35.5. The normalized spacial score (nSPS) is 16.8. The Morgan fingerprint density at radius 2 is 1.78 bits per heavy atom. The van der Waals surface area contributed by atoms with E-state index >= 15 is 0 Å². The summed E-state index contributed by atoms with van der Waals surface area (Å²) in [6.45, 7) is 2.39. The molecule has 1 aliphatic rings. The zero-order valence-corrected chi connectivity index (χ0v) is 16.3. The Hall–Kier alpha value is -1.61. The van der Waals surface area contributed by atoms with E-state index in [1.54, 1.807) is 42.3 Å². The first-order valence-corrected chi connectivity index (χ1v) is 10.3. The highest BCUT2D eigenvalue weighted by Crippen LogP contribution is 2.28.